The molecule has 0 bridgehead atoms. The van der Waals surface area contributed by atoms with E-state index in [1.807, 2.05) is 28.7 Å². The molecule has 0 aromatic carbocycles. The number of hydrogen-bond acceptors (Lipinski definition) is 4. The molecule has 4 nitrogen and oxygen atoms in total. The first-order chi connectivity index (χ1) is 10.7. The van der Waals surface area contributed by atoms with Gasteiger partial charge in [-0.1, -0.05) is 32.6 Å². The number of hydrogen-bond donors (Lipinski definition) is 0. The number of aromatic nitrogens is 3. The monoisotopic (exact) mass is 419 g/mol. The molecule has 3 rings (SSSR count). The minimum Gasteiger partial charge on any atom is -0.408 e. The quantitative estimate of drug-likeness (QED) is 0.695. The molecule has 1 atom stereocenters. The normalized spacial score (nSPS) is 18.7. The topological polar surface area (TPSA) is 33.4 Å². The van der Waals surface area contributed by atoms with Crippen LogP contribution >= 0.6 is 11.8 Å². The Labute approximate surface area is 175 Å². The molecule has 1 saturated heterocycles. The van der Waals surface area contributed by atoms with E-state index in [0.29, 0.717) is 6.04 Å². The molecule has 0 saturated carbocycles. The summed E-state index contributed by atoms with van der Waals surface area (Å²) in [5, 5.41) is 4.44. The predicted molar refractivity (Wildman–Crippen MR) is 98.2 cm³/mol. The van der Waals surface area contributed by atoms with Crippen LogP contribution < -0.4 is 4.90 Å². The Morgan fingerprint density at radius 3 is 2.54 bits per heavy atom. The van der Waals surface area contributed by atoms with Gasteiger partial charge in [0.1, 0.15) is 0 Å². The molecule has 0 spiro atoms. The van der Waals surface area contributed by atoms with Gasteiger partial charge in [-0.05, 0) is 31.9 Å². The van der Waals surface area contributed by atoms with Crippen molar-refractivity contribution in [3.63, 3.8) is 0 Å². The van der Waals surface area contributed by atoms with Gasteiger partial charge in [-0.2, -0.15) is 16.9 Å². The summed E-state index contributed by atoms with van der Waals surface area (Å²) in [7, 11) is 0. The molecule has 0 aliphatic carbocycles. The molecule has 3 heterocycles. The average Bonchev–Trinajstić information content (AvgIpc) is 3.04. The van der Waals surface area contributed by atoms with Gasteiger partial charge < -0.3 is 11.0 Å². The third-order valence-corrected chi connectivity index (χ3v) is 5.17. The summed E-state index contributed by atoms with van der Waals surface area (Å²) in [5.41, 5.74) is 2.13. The fraction of sp³-hybridized carbons (Fsp3) is 0.611. The van der Waals surface area contributed by atoms with Crippen molar-refractivity contribution in [1.82, 2.24) is 14.6 Å². The molecule has 1 fully saturated rings. The molecular weight excluding hydrogens is 393 g/mol. The number of nitrogens with zero attached hydrogens (tertiary/aromatic N) is 4. The second-order valence-corrected chi connectivity index (χ2v) is 9.24. The van der Waals surface area contributed by atoms with E-state index >= 15 is 0 Å². The zero-order chi connectivity index (χ0) is 16.8. The zero-order valence-corrected chi connectivity index (χ0v) is 19.2. The van der Waals surface area contributed by atoms with Gasteiger partial charge in [0.15, 0.2) is 5.65 Å². The van der Waals surface area contributed by atoms with Crippen LogP contribution in [-0.4, -0.2) is 37.7 Å². The smallest absolute Gasteiger partial charge is 0.154 e. The second kappa shape index (κ2) is 7.24. The summed E-state index contributed by atoms with van der Waals surface area (Å²) in [5.74, 6) is 3.14. The van der Waals surface area contributed by atoms with Gasteiger partial charge in [0, 0.05) is 43.8 Å². The predicted octanol–water partition coefficient (Wildman–Crippen LogP) is 3.75. The first-order valence-corrected chi connectivity index (χ1v) is 9.30. The Balaban J connectivity index is 0.00000208. The second-order valence-electron chi connectivity index (χ2n) is 8.17. The van der Waals surface area contributed by atoms with Crippen LogP contribution in [0.5, 0.6) is 0 Å². The maximum Gasteiger partial charge on any atom is 0.154 e. The molecule has 6 heteroatoms. The van der Waals surface area contributed by atoms with Crippen molar-refractivity contribution in [1.29, 1.82) is 0 Å². The van der Waals surface area contributed by atoms with Gasteiger partial charge in [-0.15, -0.1) is 11.9 Å². The number of rotatable bonds is 2. The van der Waals surface area contributed by atoms with Gasteiger partial charge in [0.05, 0.1) is 6.20 Å². The largest absolute Gasteiger partial charge is 0.408 e. The molecule has 0 amide bonds. The minimum atomic E-state index is -0.00414. The number of thioether (sulfide) groups is 1. The average molecular weight is 419 g/mol. The molecule has 2 aromatic rings. The Kier molecular flexibility index (Phi) is 6.09. The van der Waals surface area contributed by atoms with Crippen molar-refractivity contribution in [2.45, 2.75) is 58.5 Å². The third-order valence-electron chi connectivity index (χ3n) is 4.16. The molecule has 1 radical (unpaired) electrons. The fourth-order valence-electron chi connectivity index (χ4n) is 3.05. The van der Waals surface area contributed by atoms with E-state index in [0.717, 1.165) is 23.0 Å². The fourth-order valence-corrected chi connectivity index (χ4v) is 4.07. The van der Waals surface area contributed by atoms with Gasteiger partial charge in [-0.3, -0.25) is 15.9 Å². The van der Waals surface area contributed by atoms with E-state index in [1.54, 1.807) is 0 Å². The van der Waals surface area contributed by atoms with Crippen molar-refractivity contribution < 1.29 is 32.7 Å². The molecule has 1 aliphatic rings. The Bertz CT molecular complexity index is 693. The summed E-state index contributed by atoms with van der Waals surface area (Å²) in [4.78, 5) is 7.35. The maximum atomic E-state index is 4.95. The molecule has 1 aliphatic heterocycles. The van der Waals surface area contributed by atoms with Crippen molar-refractivity contribution in [2.75, 3.05) is 16.4 Å². The van der Waals surface area contributed by atoms with Gasteiger partial charge in [0.2, 0.25) is 0 Å². The third kappa shape index (κ3) is 3.99. The number of fused-ring (bicyclic) bond motifs is 1. The summed E-state index contributed by atoms with van der Waals surface area (Å²) >= 11 is 1.98. The van der Waals surface area contributed by atoms with Crippen LogP contribution in [0.4, 0.5) is 5.82 Å². The number of anilines is 1. The van der Waals surface area contributed by atoms with Crippen molar-refractivity contribution in [3.05, 3.63) is 30.4 Å². The molecule has 0 N–H and O–H groups in total. The van der Waals surface area contributed by atoms with Crippen LogP contribution in [0.3, 0.4) is 0 Å². The zero-order valence-electron chi connectivity index (χ0n) is 15.5. The van der Waals surface area contributed by atoms with Crippen LogP contribution in [-0.2, 0) is 38.1 Å². The summed E-state index contributed by atoms with van der Waals surface area (Å²) in [6.07, 6.45) is 6.23. The van der Waals surface area contributed by atoms with Crippen LogP contribution in [0.2, 0.25) is 0 Å². The van der Waals surface area contributed by atoms with E-state index in [1.165, 1.54) is 5.56 Å². The van der Waals surface area contributed by atoms with Crippen molar-refractivity contribution in [3.8, 4) is 0 Å². The molecule has 2 aromatic heterocycles. The SMILES string of the molecule is CC(C)(C)c1cnn2c[c-]c(N(C3[CH-]CSC3)C(C)(C)C)nc12.[Y]. The van der Waals surface area contributed by atoms with E-state index in [4.69, 9.17) is 4.98 Å². The molecule has 24 heavy (non-hydrogen) atoms. The van der Waals surface area contributed by atoms with Crippen LogP contribution in [0.15, 0.2) is 12.4 Å². The molecular formula is C18H26N4SY-2. The van der Waals surface area contributed by atoms with Gasteiger partial charge in [-0.25, -0.2) is 0 Å². The standard InChI is InChI=1S/C18H26N4S.Y/c1-17(2,3)14-11-19-21-9-7-15(20-16(14)21)22(18(4,5)6)13-8-10-23-12-13;/h8-9,11,13H,10,12H2,1-6H3;/q-2;. The van der Waals surface area contributed by atoms with Gasteiger partial charge >= 0.3 is 0 Å². The van der Waals surface area contributed by atoms with E-state index in [-0.39, 0.29) is 43.7 Å². The summed E-state index contributed by atoms with van der Waals surface area (Å²) < 4.78 is 1.83. The Hall–Kier alpha value is -0.126. The van der Waals surface area contributed by atoms with E-state index in [2.05, 4.69) is 64.0 Å². The summed E-state index contributed by atoms with van der Waals surface area (Å²) in [6.45, 7) is 13.3. The molecule has 1 unspecified atom stereocenters. The van der Waals surface area contributed by atoms with Crippen molar-refractivity contribution >= 4 is 23.2 Å². The van der Waals surface area contributed by atoms with E-state index < -0.39 is 0 Å². The first kappa shape index (κ1) is 20.2. The van der Waals surface area contributed by atoms with Gasteiger partial charge in [0.25, 0.3) is 0 Å². The van der Waals surface area contributed by atoms with Crippen LogP contribution in [0.25, 0.3) is 5.65 Å². The summed E-state index contributed by atoms with van der Waals surface area (Å²) in [6, 6.07) is 3.76. The Morgan fingerprint density at radius 2 is 2.00 bits per heavy atom. The van der Waals surface area contributed by atoms with E-state index in [9.17, 15) is 0 Å². The first-order valence-electron chi connectivity index (χ1n) is 8.15. The minimum absolute atomic E-state index is 0. The van der Waals surface area contributed by atoms with Crippen LogP contribution in [0, 0.1) is 12.5 Å². The maximum absolute atomic E-state index is 4.95. The molecule has 129 valence electrons. The Morgan fingerprint density at radius 1 is 1.29 bits per heavy atom. The van der Waals surface area contributed by atoms with Crippen LogP contribution in [0.1, 0.15) is 47.1 Å². The van der Waals surface area contributed by atoms with Crippen molar-refractivity contribution in [2.24, 2.45) is 0 Å².